The summed E-state index contributed by atoms with van der Waals surface area (Å²) in [7, 11) is 0. The summed E-state index contributed by atoms with van der Waals surface area (Å²) in [5, 5.41) is 18.6. The lowest BCUT2D eigenvalue weighted by atomic mass is 9.98. The van der Waals surface area contributed by atoms with Gasteiger partial charge in [0.2, 0.25) is 11.1 Å². The second-order valence-electron chi connectivity index (χ2n) is 6.79. The highest BCUT2D eigenvalue weighted by atomic mass is 32.2. The fourth-order valence-electron chi connectivity index (χ4n) is 2.21. The number of anilines is 1. The number of thioether (sulfide) groups is 1. The summed E-state index contributed by atoms with van der Waals surface area (Å²) in [5.41, 5.74) is 2.57. The molecule has 26 heavy (non-hydrogen) atoms. The number of tetrazole rings is 1. The summed E-state index contributed by atoms with van der Waals surface area (Å²) in [4.78, 5) is 15.9. The predicted molar refractivity (Wildman–Crippen MR) is 104 cm³/mol. The van der Waals surface area contributed by atoms with Crippen LogP contribution in [0.3, 0.4) is 0 Å². The Bertz CT molecular complexity index is 912. The van der Waals surface area contributed by atoms with Gasteiger partial charge in [0.1, 0.15) is 0 Å². The molecule has 0 spiro atoms. The number of hydrogen-bond acceptors (Lipinski definition) is 7. The van der Waals surface area contributed by atoms with Gasteiger partial charge in [0.25, 0.3) is 0 Å². The summed E-state index contributed by atoms with van der Waals surface area (Å²) >= 11 is 3.21. The number of aromatic nitrogens is 5. The third-order valence-corrected chi connectivity index (χ3v) is 5.66. The molecule has 0 unspecified atom stereocenters. The number of carbonyl (C=O) groups is 1. The van der Waals surface area contributed by atoms with Crippen molar-refractivity contribution < 1.29 is 4.79 Å². The average Bonchev–Trinajstić information content (AvgIpc) is 3.21. The number of nitrogens with zero attached hydrogens (tertiary/aromatic N) is 5. The Labute approximate surface area is 160 Å². The molecule has 2 heterocycles. The Morgan fingerprint density at radius 2 is 2.15 bits per heavy atom. The smallest absolute Gasteiger partial charge is 0.221 e. The quantitative estimate of drug-likeness (QED) is 0.671. The minimum atomic E-state index is -0.119. The fourth-order valence-corrected chi connectivity index (χ4v) is 4.00. The lowest BCUT2D eigenvalue weighted by Crippen LogP contribution is -2.10. The van der Waals surface area contributed by atoms with Crippen LogP contribution in [0.4, 0.5) is 5.69 Å². The van der Waals surface area contributed by atoms with E-state index in [-0.39, 0.29) is 11.3 Å². The summed E-state index contributed by atoms with van der Waals surface area (Å²) in [6, 6.07) is 7.41. The van der Waals surface area contributed by atoms with Crippen LogP contribution in [-0.4, -0.2) is 31.1 Å². The van der Waals surface area contributed by atoms with E-state index in [1.165, 1.54) is 18.7 Å². The van der Waals surface area contributed by atoms with Gasteiger partial charge in [-0.1, -0.05) is 38.6 Å². The first kappa shape index (κ1) is 18.5. The topological polar surface area (TPSA) is 85.6 Å². The molecule has 1 N–H and O–H groups in total. The first-order chi connectivity index (χ1) is 12.3. The van der Waals surface area contributed by atoms with Crippen molar-refractivity contribution in [2.75, 3.05) is 5.32 Å². The minimum absolute atomic E-state index is 0.0549. The van der Waals surface area contributed by atoms with E-state index in [9.17, 15) is 4.79 Å². The maximum absolute atomic E-state index is 11.2. The van der Waals surface area contributed by atoms with Gasteiger partial charge in [0.05, 0.1) is 16.4 Å². The van der Waals surface area contributed by atoms with E-state index in [0.717, 1.165) is 16.4 Å². The van der Waals surface area contributed by atoms with E-state index in [1.807, 2.05) is 24.3 Å². The maximum Gasteiger partial charge on any atom is 0.221 e. The molecule has 3 aromatic rings. The Balaban J connectivity index is 1.75. The number of benzene rings is 1. The molecular formula is C17H20N6OS2. The highest BCUT2D eigenvalue weighted by Gasteiger charge is 2.18. The second-order valence-corrected chi connectivity index (χ2v) is 8.59. The van der Waals surface area contributed by atoms with Crippen LogP contribution < -0.4 is 5.32 Å². The third-order valence-electron chi connectivity index (χ3n) is 3.39. The number of thiazole rings is 1. The molecule has 2 aromatic heterocycles. The summed E-state index contributed by atoms with van der Waals surface area (Å²) in [6.45, 7) is 7.95. The summed E-state index contributed by atoms with van der Waals surface area (Å²) in [5.74, 6) is 0.574. The van der Waals surface area contributed by atoms with E-state index in [0.29, 0.717) is 16.6 Å². The zero-order valence-corrected chi connectivity index (χ0v) is 16.7. The van der Waals surface area contributed by atoms with Crippen molar-refractivity contribution >= 4 is 34.7 Å². The number of hydrogen-bond donors (Lipinski definition) is 1. The van der Waals surface area contributed by atoms with Gasteiger partial charge in [0, 0.05) is 29.2 Å². The molecule has 0 fully saturated rings. The van der Waals surface area contributed by atoms with Crippen molar-refractivity contribution in [2.45, 2.75) is 44.0 Å². The lowest BCUT2D eigenvalue weighted by molar-refractivity contribution is -0.114. The first-order valence-electron chi connectivity index (χ1n) is 8.07. The standard InChI is InChI=1S/C17H20N6OS2/c1-11(24)18-12-6-5-7-14(8-12)23-16(20-21-22-23)26-10-13-9-25-15(19-13)17(2,3)4/h5-9H,10H2,1-4H3,(H,18,24). The minimum Gasteiger partial charge on any atom is -0.326 e. The van der Waals surface area contributed by atoms with Gasteiger partial charge in [-0.05, 0) is 28.6 Å². The molecule has 136 valence electrons. The van der Waals surface area contributed by atoms with Gasteiger partial charge in [-0.15, -0.1) is 16.4 Å². The molecular weight excluding hydrogens is 368 g/mol. The molecule has 0 bridgehead atoms. The van der Waals surface area contributed by atoms with Gasteiger partial charge in [-0.3, -0.25) is 4.79 Å². The van der Waals surface area contributed by atoms with E-state index in [2.05, 4.69) is 47.0 Å². The SMILES string of the molecule is CC(=O)Nc1cccc(-n2nnnc2SCc2csc(C(C)(C)C)n2)c1. The average molecular weight is 389 g/mol. The van der Waals surface area contributed by atoms with Crippen LogP contribution in [0, 0.1) is 0 Å². The summed E-state index contributed by atoms with van der Waals surface area (Å²) < 4.78 is 1.66. The first-order valence-corrected chi connectivity index (χ1v) is 9.93. The zero-order valence-electron chi connectivity index (χ0n) is 15.1. The summed E-state index contributed by atoms with van der Waals surface area (Å²) in [6.07, 6.45) is 0. The molecule has 0 atom stereocenters. The monoisotopic (exact) mass is 388 g/mol. The molecule has 0 saturated carbocycles. The van der Waals surface area contributed by atoms with Crippen molar-refractivity contribution in [3.05, 3.63) is 40.3 Å². The molecule has 1 amide bonds. The van der Waals surface area contributed by atoms with E-state index in [4.69, 9.17) is 4.98 Å². The number of rotatable bonds is 5. The van der Waals surface area contributed by atoms with Gasteiger partial charge < -0.3 is 5.32 Å². The molecule has 3 rings (SSSR count). The Morgan fingerprint density at radius 3 is 2.85 bits per heavy atom. The fraction of sp³-hybridized carbons (Fsp3) is 0.353. The number of amides is 1. The van der Waals surface area contributed by atoms with E-state index >= 15 is 0 Å². The molecule has 0 aliphatic carbocycles. The normalized spacial score (nSPS) is 11.5. The maximum atomic E-state index is 11.2. The Hall–Kier alpha value is -2.26. The van der Waals surface area contributed by atoms with Crippen molar-refractivity contribution in [2.24, 2.45) is 0 Å². The van der Waals surface area contributed by atoms with Crippen LogP contribution in [0.1, 0.15) is 38.4 Å². The molecule has 0 aliphatic heterocycles. The lowest BCUT2D eigenvalue weighted by Gasteiger charge is -2.13. The van der Waals surface area contributed by atoms with Gasteiger partial charge >= 0.3 is 0 Å². The largest absolute Gasteiger partial charge is 0.326 e. The zero-order chi connectivity index (χ0) is 18.7. The van der Waals surface area contributed by atoms with Crippen LogP contribution in [0.5, 0.6) is 0 Å². The predicted octanol–water partition coefficient (Wildman–Crippen LogP) is 3.67. The van der Waals surface area contributed by atoms with E-state index in [1.54, 1.807) is 16.0 Å². The van der Waals surface area contributed by atoms with Crippen molar-refractivity contribution in [1.82, 2.24) is 25.2 Å². The Morgan fingerprint density at radius 1 is 1.35 bits per heavy atom. The van der Waals surface area contributed by atoms with Crippen LogP contribution in [0.2, 0.25) is 0 Å². The number of carbonyl (C=O) groups excluding carboxylic acids is 1. The van der Waals surface area contributed by atoms with Crippen molar-refractivity contribution in [3.8, 4) is 5.69 Å². The molecule has 0 saturated heterocycles. The molecule has 7 nitrogen and oxygen atoms in total. The van der Waals surface area contributed by atoms with E-state index < -0.39 is 0 Å². The third kappa shape index (κ3) is 4.47. The van der Waals surface area contributed by atoms with Crippen molar-refractivity contribution in [1.29, 1.82) is 0 Å². The van der Waals surface area contributed by atoms with Gasteiger partial charge in [0.15, 0.2) is 0 Å². The number of nitrogens with one attached hydrogen (secondary N) is 1. The van der Waals surface area contributed by atoms with Crippen LogP contribution >= 0.6 is 23.1 Å². The van der Waals surface area contributed by atoms with Gasteiger partial charge in [-0.25, -0.2) is 4.98 Å². The highest BCUT2D eigenvalue weighted by Crippen LogP contribution is 2.29. The van der Waals surface area contributed by atoms with Crippen LogP contribution in [-0.2, 0) is 16.0 Å². The second kappa shape index (κ2) is 7.55. The molecule has 1 aromatic carbocycles. The Kier molecular flexibility index (Phi) is 5.38. The van der Waals surface area contributed by atoms with Gasteiger partial charge in [-0.2, -0.15) is 4.68 Å². The van der Waals surface area contributed by atoms with Crippen molar-refractivity contribution in [3.63, 3.8) is 0 Å². The van der Waals surface area contributed by atoms with Crippen LogP contribution in [0.15, 0.2) is 34.8 Å². The molecule has 0 radical (unpaired) electrons. The van der Waals surface area contributed by atoms with Crippen LogP contribution in [0.25, 0.3) is 5.69 Å². The molecule has 9 heteroatoms. The molecule has 0 aliphatic rings. The highest BCUT2D eigenvalue weighted by molar-refractivity contribution is 7.98.